The lowest BCUT2D eigenvalue weighted by Crippen LogP contribution is -2.41. The maximum atomic E-state index is 11.9. The summed E-state index contributed by atoms with van der Waals surface area (Å²) in [5.41, 5.74) is 1.14. The Bertz CT molecular complexity index is 670. The highest BCUT2D eigenvalue weighted by Gasteiger charge is 2.14. The standard InChI is InChI=1S/C22H36N4O3/c1-26(2)21(27)16-25-22(24-15-18-8-6-5-7-9-18)23-13-12-17-10-11-19(28-3)20(14-17)29-4/h10-11,14,18H,5-9,12-13,15-16H2,1-4H3,(H2,23,24,25). The molecule has 0 aliphatic heterocycles. The second-order valence-electron chi connectivity index (χ2n) is 7.70. The van der Waals surface area contributed by atoms with E-state index in [2.05, 4.69) is 15.6 Å². The maximum absolute atomic E-state index is 11.9. The average molecular weight is 405 g/mol. The first-order valence-electron chi connectivity index (χ1n) is 10.5. The van der Waals surface area contributed by atoms with Crippen LogP contribution in [0.1, 0.15) is 37.7 Å². The van der Waals surface area contributed by atoms with Crippen LogP contribution in [0.4, 0.5) is 0 Å². The predicted octanol–water partition coefficient (Wildman–Crippen LogP) is 2.45. The van der Waals surface area contributed by atoms with Gasteiger partial charge in [0.05, 0.1) is 14.2 Å². The van der Waals surface area contributed by atoms with Crippen LogP contribution in [0.2, 0.25) is 0 Å². The van der Waals surface area contributed by atoms with E-state index in [1.54, 1.807) is 33.2 Å². The number of hydrogen-bond acceptors (Lipinski definition) is 4. The number of amides is 1. The first kappa shape index (κ1) is 22.8. The fourth-order valence-corrected chi connectivity index (χ4v) is 3.46. The maximum Gasteiger partial charge on any atom is 0.243 e. The molecule has 0 heterocycles. The van der Waals surface area contributed by atoms with Crippen molar-refractivity contribution in [1.29, 1.82) is 0 Å². The summed E-state index contributed by atoms with van der Waals surface area (Å²) in [6.07, 6.45) is 7.31. The summed E-state index contributed by atoms with van der Waals surface area (Å²) >= 11 is 0. The SMILES string of the molecule is COc1ccc(CCNC(=NCC(=O)N(C)C)NCC2CCCCC2)cc1OC. The molecule has 0 spiro atoms. The normalized spacial score (nSPS) is 15.0. The lowest BCUT2D eigenvalue weighted by Gasteiger charge is -2.23. The Kier molecular flexibility index (Phi) is 9.60. The van der Waals surface area contributed by atoms with Crippen molar-refractivity contribution in [2.75, 3.05) is 47.9 Å². The molecule has 2 rings (SSSR count). The Balaban J connectivity index is 1.91. The van der Waals surface area contributed by atoms with Crippen molar-refractivity contribution in [1.82, 2.24) is 15.5 Å². The molecular formula is C22H36N4O3. The average Bonchev–Trinajstić information content (AvgIpc) is 2.75. The van der Waals surface area contributed by atoms with E-state index in [0.29, 0.717) is 18.4 Å². The number of carbonyl (C=O) groups is 1. The Hall–Kier alpha value is -2.44. The van der Waals surface area contributed by atoms with E-state index in [-0.39, 0.29) is 12.5 Å². The van der Waals surface area contributed by atoms with Crippen LogP contribution in [0.3, 0.4) is 0 Å². The molecule has 1 saturated carbocycles. The summed E-state index contributed by atoms with van der Waals surface area (Å²) < 4.78 is 10.7. The molecule has 0 aromatic heterocycles. The topological polar surface area (TPSA) is 75.2 Å². The molecule has 0 unspecified atom stereocenters. The van der Waals surface area contributed by atoms with Crippen molar-refractivity contribution in [3.8, 4) is 11.5 Å². The molecule has 0 bridgehead atoms. The van der Waals surface area contributed by atoms with Gasteiger partial charge in [-0.25, -0.2) is 4.99 Å². The number of likely N-dealkylation sites (N-methyl/N-ethyl adjacent to an activating group) is 1. The van der Waals surface area contributed by atoms with Gasteiger partial charge in [0.2, 0.25) is 5.91 Å². The number of ether oxygens (including phenoxy) is 2. The van der Waals surface area contributed by atoms with Gasteiger partial charge in [-0.2, -0.15) is 0 Å². The number of benzene rings is 1. The molecule has 1 fully saturated rings. The zero-order valence-electron chi connectivity index (χ0n) is 18.3. The largest absolute Gasteiger partial charge is 0.493 e. The third-order valence-corrected chi connectivity index (χ3v) is 5.31. The van der Waals surface area contributed by atoms with Gasteiger partial charge in [-0.1, -0.05) is 25.3 Å². The Morgan fingerprint density at radius 1 is 1.10 bits per heavy atom. The summed E-state index contributed by atoms with van der Waals surface area (Å²) in [6.45, 7) is 1.75. The van der Waals surface area contributed by atoms with Crippen LogP contribution in [-0.2, 0) is 11.2 Å². The van der Waals surface area contributed by atoms with Crippen LogP contribution >= 0.6 is 0 Å². The fraction of sp³-hybridized carbons (Fsp3) is 0.636. The molecule has 7 nitrogen and oxygen atoms in total. The number of rotatable bonds is 9. The summed E-state index contributed by atoms with van der Waals surface area (Å²) in [4.78, 5) is 18.0. The number of nitrogens with one attached hydrogen (secondary N) is 2. The van der Waals surface area contributed by atoms with Crippen LogP contribution in [0.5, 0.6) is 11.5 Å². The molecular weight excluding hydrogens is 368 g/mol. The highest BCUT2D eigenvalue weighted by atomic mass is 16.5. The Morgan fingerprint density at radius 3 is 2.48 bits per heavy atom. The molecule has 7 heteroatoms. The zero-order chi connectivity index (χ0) is 21.1. The Morgan fingerprint density at radius 2 is 1.83 bits per heavy atom. The van der Waals surface area contributed by atoms with E-state index in [1.165, 1.54) is 32.1 Å². The van der Waals surface area contributed by atoms with Gasteiger partial charge >= 0.3 is 0 Å². The lowest BCUT2D eigenvalue weighted by molar-refractivity contribution is -0.127. The zero-order valence-corrected chi connectivity index (χ0v) is 18.3. The lowest BCUT2D eigenvalue weighted by atomic mass is 9.89. The number of hydrogen-bond donors (Lipinski definition) is 2. The smallest absolute Gasteiger partial charge is 0.243 e. The van der Waals surface area contributed by atoms with Crippen LogP contribution in [0.25, 0.3) is 0 Å². The second kappa shape index (κ2) is 12.2. The molecule has 1 aromatic carbocycles. The third kappa shape index (κ3) is 7.83. The predicted molar refractivity (Wildman–Crippen MR) is 117 cm³/mol. The van der Waals surface area contributed by atoms with Crippen molar-refractivity contribution in [3.05, 3.63) is 23.8 Å². The van der Waals surface area contributed by atoms with Crippen molar-refractivity contribution in [2.24, 2.45) is 10.9 Å². The van der Waals surface area contributed by atoms with E-state index < -0.39 is 0 Å². The molecule has 1 amide bonds. The van der Waals surface area contributed by atoms with Crippen LogP contribution in [0, 0.1) is 5.92 Å². The van der Waals surface area contributed by atoms with Crippen molar-refractivity contribution >= 4 is 11.9 Å². The molecule has 0 radical (unpaired) electrons. The van der Waals surface area contributed by atoms with E-state index in [9.17, 15) is 4.79 Å². The van der Waals surface area contributed by atoms with Gasteiger partial charge in [0.25, 0.3) is 0 Å². The van der Waals surface area contributed by atoms with Crippen LogP contribution in [-0.4, -0.2) is 64.7 Å². The van der Waals surface area contributed by atoms with E-state index in [4.69, 9.17) is 9.47 Å². The monoisotopic (exact) mass is 404 g/mol. The molecule has 1 aliphatic rings. The molecule has 0 atom stereocenters. The fourth-order valence-electron chi connectivity index (χ4n) is 3.46. The minimum absolute atomic E-state index is 0.0105. The van der Waals surface area contributed by atoms with Gasteiger partial charge in [0.15, 0.2) is 17.5 Å². The summed E-state index contributed by atoms with van der Waals surface area (Å²) in [5.74, 6) is 2.83. The molecule has 2 N–H and O–H groups in total. The first-order chi connectivity index (χ1) is 14.0. The highest BCUT2D eigenvalue weighted by Crippen LogP contribution is 2.27. The van der Waals surface area contributed by atoms with Gasteiger partial charge in [0.1, 0.15) is 6.54 Å². The van der Waals surface area contributed by atoms with E-state index >= 15 is 0 Å². The first-order valence-corrected chi connectivity index (χ1v) is 10.5. The number of aliphatic imine (C=N–C) groups is 1. The number of guanidine groups is 1. The van der Waals surface area contributed by atoms with Gasteiger partial charge in [-0.15, -0.1) is 0 Å². The van der Waals surface area contributed by atoms with E-state index in [1.807, 2.05) is 18.2 Å². The summed E-state index contributed by atoms with van der Waals surface area (Å²) in [6, 6.07) is 5.94. The highest BCUT2D eigenvalue weighted by molar-refractivity contribution is 5.84. The third-order valence-electron chi connectivity index (χ3n) is 5.31. The molecule has 162 valence electrons. The number of carbonyl (C=O) groups excluding carboxylic acids is 1. The summed E-state index contributed by atoms with van der Waals surface area (Å²) in [5, 5.41) is 6.80. The molecule has 1 aromatic rings. The minimum atomic E-state index is -0.0105. The Labute approximate surface area is 174 Å². The summed E-state index contributed by atoms with van der Waals surface area (Å²) in [7, 11) is 6.77. The van der Waals surface area contributed by atoms with Crippen molar-refractivity contribution in [2.45, 2.75) is 38.5 Å². The van der Waals surface area contributed by atoms with Crippen LogP contribution in [0.15, 0.2) is 23.2 Å². The van der Waals surface area contributed by atoms with Gasteiger partial charge in [0, 0.05) is 27.2 Å². The quantitative estimate of drug-likeness (QED) is 0.488. The van der Waals surface area contributed by atoms with Crippen molar-refractivity contribution < 1.29 is 14.3 Å². The second-order valence-corrected chi connectivity index (χ2v) is 7.70. The number of nitrogens with zero attached hydrogens (tertiary/aromatic N) is 2. The van der Waals surface area contributed by atoms with Gasteiger partial charge in [-0.3, -0.25) is 4.79 Å². The molecule has 29 heavy (non-hydrogen) atoms. The van der Waals surface area contributed by atoms with E-state index in [0.717, 1.165) is 30.0 Å². The number of methoxy groups -OCH3 is 2. The van der Waals surface area contributed by atoms with Gasteiger partial charge in [-0.05, 0) is 42.9 Å². The minimum Gasteiger partial charge on any atom is -0.493 e. The van der Waals surface area contributed by atoms with Crippen LogP contribution < -0.4 is 20.1 Å². The van der Waals surface area contributed by atoms with Gasteiger partial charge < -0.3 is 25.0 Å². The van der Waals surface area contributed by atoms with Crippen molar-refractivity contribution in [3.63, 3.8) is 0 Å². The molecule has 0 saturated heterocycles. The molecule has 1 aliphatic carbocycles.